The molecule has 0 radical (unpaired) electrons. The van der Waals surface area contributed by atoms with Crippen LogP contribution >= 0.6 is 0 Å². The Balaban J connectivity index is 3.33. The number of alkyl halides is 3. The van der Waals surface area contributed by atoms with Crippen LogP contribution in [0.5, 0.6) is 0 Å². The summed E-state index contributed by atoms with van der Waals surface area (Å²) in [5.41, 5.74) is 4.66. The second-order valence-corrected chi connectivity index (χ2v) is 4.35. The van der Waals surface area contributed by atoms with E-state index in [0.717, 1.165) is 6.07 Å². The molecule has 0 unspecified atom stereocenters. The third-order valence-corrected chi connectivity index (χ3v) is 2.78. The highest BCUT2D eigenvalue weighted by Gasteiger charge is 2.34. The van der Waals surface area contributed by atoms with Gasteiger partial charge in [-0.3, -0.25) is 5.41 Å². The number of nitrogens with two attached hydrogens (primary N) is 1. The molecule has 1 aromatic rings. The maximum atomic E-state index is 12.7. The van der Waals surface area contributed by atoms with Gasteiger partial charge in [-0.25, -0.2) is 0 Å². The molecule has 0 aliphatic heterocycles. The van der Waals surface area contributed by atoms with Gasteiger partial charge in [-0.2, -0.15) is 13.2 Å². The Labute approximate surface area is 104 Å². The van der Waals surface area contributed by atoms with Gasteiger partial charge in [-0.05, 0) is 32.0 Å². The minimum atomic E-state index is -4.50. The standard InChI is InChI=1S/C12H16F3N3/c1-7(2)18(3)8-4-5-10(12(13,14)15)9(6-8)11(16)17/h4-7H,1-3H3,(H3,16,17). The van der Waals surface area contributed by atoms with Crippen molar-refractivity contribution in [1.29, 1.82) is 5.41 Å². The largest absolute Gasteiger partial charge is 0.417 e. The van der Waals surface area contributed by atoms with Crippen LogP contribution in [0.1, 0.15) is 25.0 Å². The summed E-state index contributed by atoms with van der Waals surface area (Å²) >= 11 is 0. The van der Waals surface area contributed by atoms with Gasteiger partial charge < -0.3 is 10.6 Å². The topological polar surface area (TPSA) is 53.1 Å². The van der Waals surface area contributed by atoms with Crippen LogP contribution in [-0.2, 0) is 6.18 Å². The summed E-state index contributed by atoms with van der Waals surface area (Å²) in [6, 6.07) is 3.78. The summed E-state index contributed by atoms with van der Waals surface area (Å²) in [7, 11) is 1.77. The summed E-state index contributed by atoms with van der Waals surface area (Å²) in [6.45, 7) is 3.84. The number of hydrogen-bond donors (Lipinski definition) is 2. The van der Waals surface area contributed by atoms with Crippen molar-refractivity contribution in [3.8, 4) is 0 Å². The van der Waals surface area contributed by atoms with E-state index < -0.39 is 17.6 Å². The van der Waals surface area contributed by atoms with Gasteiger partial charge in [0.15, 0.2) is 0 Å². The predicted octanol–water partition coefficient (Wildman–Crippen LogP) is 2.83. The lowest BCUT2D eigenvalue weighted by molar-refractivity contribution is -0.137. The maximum absolute atomic E-state index is 12.7. The fourth-order valence-corrected chi connectivity index (χ4v) is 1.52. The third-order valence-electron chi connectivity index (χ3n) is 2.78. The van der Waals surface area contributed by atoms with Crippen LogP contribution < -0.4 is 10.6 Å². The van der Waals surface area contributed by atoms with E-state index >= 15 is 0 Å². The molecule has 18 heavy (non-hydrogen) atoms. The van der Waals surface area contributed by atoms with Crippen molar-refractivity contribution >= 4 is 11.5 Å². The highest BCUT2D eigenvalue weighted by Crippen LogP contribution is 2.33. The fourth-order valence-electron chi connectivity index (χ4n) is 1.52. The van der Waals surface area contributed by atoms with Gasteiger partial charge in [0.05, 0.1) is 5.56 Å². The maximum Gasteiger partial charge on any atom is 0.417 e. The fraction of sp³-hybridized carbons (Fsp3) is 0.417. The van der Waals surface area contributed by atoms with Crippen LogP contribution in [0.3, 0.4) is 0 Å². The minimum absolute atomic E-state index is 0.140. The highest BCUT2D eigenvalue weighted by molar-refractivity contribution is 5.97. The Hall–Kier alpha value is -1.72. The van der Waals surface area contributed by atoms with Crippen molar-refractivity contribution in [2.24, 2.45) is 5.73 Å². The van der Waals surface area contributed by atoms with Crippen molar-refractivity contribution in [2.75, 3.05) is 11.9 Å². The molecule has 0 atom stereocenters. The Bertz CT molecular complexity index is 452. The first kappa shape index (κ1) is 14.3. The summed E-state index contributed by atoms with van der Waals surface area (Å²) in [4.78, 5) is 1.81. The average molecular weight is 259 g/mol. The lowest BCUT2D eigenvalue weighted by Crippen LogP contribution is -2.27. The van der Waals surface area contributed by atoms with Crippen molar-refractivity contribution in [2.45, 2.75) is 26.1 Å². The lowest BCUT2D eigenvalue weighted by atomic mass is 10.0. The first-order valence-electron chi connectivity index (χ1n) is 5.43. The van der Waals surface area contributed by atoms with E-state index in [1.54, 1.807) is 7.05 Å². The molecule has 3 nitrogen and oxygen atoms in total. The van der Waals surface area contributed by atoms with Crippen molar-refractivity contribution in [1.82, 2.24) is 0 Å². The van der Waals surface area contributed by atoms with E-state index in [-0.39, 0.29) is 11.6 Å². The molecule has 0 aromatic heterocycles. The molecule has 6 heteroatoms. The number of halogens is 3. The first-order valence-corrected chi connectivity index (χ1v) is 5.43. The van der Waals surface area contributed by atoms with E-state index in [1.165, 1.54) is 12.1 Å². The molecule has 0 saturated carbocycles. The molecule has 1 rings (SSSR count). The van der Waals surface area contributed by atoms with E-state index in [0.29, 0.717) is 5.69 Å². The molecule has 100 valence electrons. The van der Waals surface area contributed by atoms with Gasteiger partial charge in [0.25, 0.3) is 0 Å². The normalized spacial score (nSPS) is 11.7. The van der Waals surface area contributed by atoms with Crippen LogP contribution in [0.2, 0.25) is 0 Å². The zero-order chi connectivity index (χ0) is 14.1. The first-order chi connectivity index (χ1) is 8.14. The SMILES string of the molecule is CC(C)N(C)c1ccc(C(F)(F)F)c(C(=N)N)c1. The summed E-state index contributed by atoms with van der Waals surface area (Å²) in [5.74, 6) is -0.582. The zero-order valence-electron chi connectivity index (χ0n) is 10.5. The number of rotatable bonds is 3. The van der Waals surface area contributed by atoms with Crippen LogP contribution in [0.15, 0.2) is 18.2 Å². The molecule has 3 N–H and O–H groups in total. The minimum Gasteiger partial charge on any atom is -0.384 e. The Kier molecular flexibility index (Phi) is 3.88. The van der Waals surface area contributed by atoms with Crippen LogP contribution in [0, 0.1) is 5.41 Å². The molecule has 0 bridgehead atoms. The van der Waals surface area contributed by atoms with E-state index in [2.05, 4.69) is 0 Å². The molecule has 0 saturated heterocycles. The number of nitrogens with one attached hydrogen (secondary N) is 1. The van der Waals surface area contributed by atoms with Gasteiger partial charge in [0.2, 0.25) is 0 Å². The van der Waals surface area contributed by atoms with Crippen molar-refractivity contribution in [3.63, 3.8) is 0 Å². The van der Waals surface area contributed by atoms with Crippen molar-refractivity contribution in [3.05, 3.63) is 29.3 Å². The van der Waals surface area contributed by atoms with Crippen LogP contribution in [0.4, 0.5) is 18.9 Å². The van der Waals surface area contributed by atoms with Gasteiger partial charge >= 0.3 is 6.18 Å². The summed E-state index contributed by atoms with van der Waals surface area (Å²) in [5, 5.41) is 7.26. The Morgan fingerprint density at radius 3 is 2.28 bits per heavy atom. The summed E-state index contributed by atoms with van der Waals surface area (Å²) < 4.78 is 38.2. The second kappa shape index (κ2) is 4.88. The third kappa shape index (κ3) is 2.94. The quantitative estimate of drug-likeness (QED) is 0.647. The lowest BCUT2D eigenvalue weighted by Gasteiger charge is -2.25. The summed E-state index contributed by atoms with van der Waals surface area (Å²) in [6.07, 6.45) is -4.50. The second-order valence-electron chi connectivity index (χ2n) is 4.35. The average Bonchev–Trinajstić information content (AvgIpc) is 2.25. The van der Waals surface area contributed by atoms with Gasteiger partial charge in [-0.1, -0.05) is 0 Å². The predicted molar refractivity (Wildman–Crippen MR) is 66.0 cm³/mol. The molecular formula is C12H16F3N3. The van der Waals surface area contributed by atoms with Crippen molar-refractivity contribution < 1.29 is 13.2 Å². The molecule has 0 aliphatic rings. The monoisotopic (exact) mass is 259 g/mol. The van der Waals surface area contributed by atoms with E-state index in [1.807, 2.05) is 18.7 Å². The number of hydrogen-bond acceptors (Lipinski definition) is 2. The smallest absolute Gasteiger partial charge is 0.384 e. The zero-order valence-corrected chi connectivity index (χ0v) is 10.5. The number of nitrogens with zero attached hydrogens (tertiary/aromatic N) is 1. The molecular weight excluding hydrogens is 243 g/mol. The molecule has 0 fully saturated rings. The number of nitrogen functional groups attached to an aromatic ring is 1. The molecule has 0 aliphatic carbocycles. The van der Waals surface area contributed by atoms with Gasteiger partial charge in [0, 0.05) is 24.3 Å². The molecule has 0 spiro atoms. The number of anilines is 1. The Morgan fingerprint density at radius 1 is 1.33 bits per heavy atom. The van der Waals surface area contributed by atoms with Crippen LogP contribution in [0.25, 0.3) is 0 Å². The molecule has 0 amide bonds. The van der Waals surface area contributed by atoms with Gasteiger partial charge in [-0.15, -0.1) is 0 Å². The molecule has 0 heterocycles. The highest BCUT2D eigenvalue weighted by atomic mass is 19.4. The number of benzene rings is 1. The van der Waals surface area contributed by atoms with Gasteiger partial charge in [0.1, 0.15) is 5.84 Å². The Morgan fingerprint density at radius 2 is 1.89 bits per heavy atom. The number of amidine groups is 1. The van der Waals surface area contributed by atoms with Crippen LogP contribution in [-0.4, -0.2) is 18.9 Å². The molecule has 1 aromatic carbocycles. The van der Waals surface area contributed by atoms with E-state index in [4.69, 9.17) is 11.1 Å². The van der Waals surface area contributed by atoms with E-state index in [9.17, 15) is 13.2 Å².